The van der Waals surface area contributed by atoms with Crippen LogP contribution in [0.5, 0.6) is 0 Å². The molecular weight excluding hydrogens is 424 g/mol. The van der Waals surface area contributed by atoms with Crippen molar-refractivity contribution in [2.75, 3.05) is 17.3 Å². The number of para-hydroxylation sites is 1. The van der Waals surface area contributed by atoms with E-state index in [4.69, 9.17) is 0 Å². The van der Waals surface area contributed by atoms with Crippen LogP contribution >= 0.6 is 11.8 Å². The second-order valence-electron chi connectivity index (χ2n) is 7.09. The predicted molar refractivity (Wildman–Crippen MR) is 128 cm³/mol. The van der Waals surface area contributed by atoms with E-state index in [1.807, 2.05) is 48.7 Å². The lowest BCUT2D eigenvalue weighted by Crippen LogP contribution is -2.41. The summed E-state index contributed by atoms with van der Waals surface area (Å²) in [6.07, 6.45) is 2.18. The molecular formula is C25H24N2O4S. The first-order valence-electron chi connectivity index (χ1n) is 10.1. The average Bonchev–Trinajstić information content (AvgIpc) is 2.82. The van der Waals surface area contributed by atoms with Crippen molar-refractivity contribution < 1.29 is 19.5 Å². The van der Waals surface area contributed by atoms with Gasteiger partial charge in [-0.05, 0) is 53.8 Å². The highest BCUT2D eigenvalue weighted by atomic mass is 32.2. The minimum absolute atomic E-state index is 0.206. The number of aliphatic carboxylic acids is 1. The maximum Gasteiger partial charge on any atom is 0.326 e. The minimum atomic E-state index is -1.09. The quantitative estimate of drug-likeness (QED) is 0.447. The van der Waals surface area contributed by atoms with E-state index < -0.39 is 17.9 Å². The van der Waals surface area contributed by atoms with Crippen molar-refractivity contribution >= 4 is 35.2 Å². The molecule has 0 fully saturated rings. The number of anilines is 1. The van der Waals surface area contributed by atoms with Crippen LogP contribution in [0.25, 0.3) is 11.1 Å². The fraction of sp³-hybridized carbons (Fsp3) is 0.160. The molecule has 2 amide bonds. The van der Waals surface area contributed by atoms with Crippen LogP contribution in [0.2, 0.25) is 0 Å². The molecule has 3 aromatic carbocycles. The smallest absolute Gasteiger partial charge is 0.326 e. The summed E-state index contributed by atoms with van der Waals surface area (Å²) in [6, 6.07) is 22.6. The van der Waals surface area contributed by atoms with Gasteiger partial charge in [0.25, 0.3) is 11.8 Å². The van der Waals surface area contributed by atoms with Crippen LogP contribution in [0, 0.1) is 0 Å². The molecule has 1 atom stereocenters. The molecule has 3 rings (SSSR count). The third-order valence-electron chi connectivity index (χ3n) is 4.89. The largest absolute Gasteiger partial charge is 0.480 e. The van der Waals surface area contributed by atoms with Crippen LogP contribution in [0.3, 0.4) is 0 Å². The molecule has 0 spiro atoms. The van der Waals surface area contributed by atoms with Crippen molar-refractivity contribution in [3.05, 3.63) is 90.0 Å². The highest BCUT2D eigenvalue weighted by Gasteiger charge is 2.22. The number of amides is 2. The van der Waals surface area contributed by atoms with Crippen molar-refractivity contribution in [3.63, 3.8) is 0 Å². The first kappa shape index (κ1) is 23.1. The number of carbonyl (C=O) groups is 3. The molecule has 0 aliphatic carbocycles. The van der Waals surface area contributed by atoms with Crippen molar-refractivity contribution in [2.24, 2.45) is 0 Å². The Morgan fingerprint density at radius 2 is 1.47 bits per heavy atom. The maximum absolute atomic E-state index is 12.8. The van der Waals surface area contributed by atoms with Crippen LogP contribution in [0.1, 0.15) is 27.1 Å². The van der Waals surface area contributed by atoms with Gasteiger partial charge in [0.1, 0.15) is 6.04 Å². The zero-order chi connectivity index (χ0) is 22.9. The highest BCUT2D eigenvalue weighted by Crippen LogP contribution is 2.21. The van der Waals surface area contributed by atoms with Gasteiger partial charge in [0.2, 0.25) is 0 Å². The van der Waals surface area contributed by atoms with Crippen LogP contribution in [-0.4, -0.2) is 40.9 Å². The molecule has 0 aromatic heterocycles. The molecule has 7 heteroatoms. The number of carboxylic acid groups (broad SMARTS) is 1. The molecule has 6 nitrogen and oxygen atoms in total. The van der Waals surface area contributed by atoms with Crippen LogP contribution in [0.15, 0.2) is 78.9 Å². The second kappa shape index (κ2) is 11.2. The Morgan fingerprint density at radius 1 is 0.844 bits per heavy atom. The SMILES string of the molecule is CSCCC(NC(=O)c1ccccc1NC(=O)c1ccc(-c2ccccc2)cc1)C(=O)O. The first-order valence-corrected chi connectivity index (χ1v) is 11.5. The van der Waals surface area contributed by atoms with Crippen LogP contribution in [-0.2, 0) is 4.79 Å². The number of carboxylic acids is 1. The Labute approximate surface area is 191 Å². The van der Waals surface area contributed by atoms with Gasteiger partial charge in [-0.3, -0.25) is 9.59 Å². The predicted octanol–water partition coefficient (Wildman–Crippen LogP) is 4.54. The third-order valence-corrected chi connectivity index (χ3v) is 5.53. The molecule has 0 heterocycles. The fourth-order valence-corrected chi connectivity index (χ4v) is 3.63. The summed E-state index contributed by atoms with van der Waals surface area (Å²) < 4.78 is 0. The van der Waals surface area contributed by atoms with Gasteiger partial charge in [0.05, 0.1) is 11.3 Å². The fourth-order valence-electron chi connectivity index (χ4n) is 3.16. The lowest BCUT2D eigenvalue weighted by atomic mass is 10.0. The van der Waals surface area contributed by atoms with E-state index >= 15 is 0 Å². The minimum Gasteiger partial charge on any atom is -0.480 e. The molecule has 0 radical (unpaired) electrons. The van der Waals surface area contributed by atoms with E-state index in [2.05, 4.69) is 10.6 Å². The van der Waals surface area contributed by atoms with E-state index in [9.17, 15) is 19.5 Å². The molecule has 0 saturated heterocycles. The Kier molecular flexibility index (Phi) is 8.05. The maximum atomic E-state index is 12.8. The van der Waals surface area contributed by atoms with Gasteiger partial charge in [0, 0.05) is 5.56 Å². The molecule has 3 N–H and O–H groups in total. The van der Waals surface area contributed by atoms with Gasteiger partial charge in [-0.15, -0.1) is 0 Å². The highest BCUT2D eigenvalue weighted by molar-refractivity contribution is 7.98. The monoisotopic (exact) mass is 448 g/mol. The van der Waals surface area contributed by atoms with E-state index in [0.29, 0.717) is 23.4 Å². The van der Waals surface area contributed by atoms with Gasteiger partial charge in [-0.25, -0.2) is 4.79 Å². The van der Waals surface area contributed by atoms with Crippen LogP contribution < -0.4 is 10.6 Å². The number of nitrogens with one attached hydrogen (secondary N) is 2. The van der Waals surface area contributed by atoms with Gasteiger partial charge < -0.3 is 15.7 Å². The Morgan fingerprint density at radius 3 is 2.12 bits per heavy atom. The molecule has 0 saturated carbocycles. The number of carbonyl (C=O) groups excluding carboxylic acids is 2. The Balaban J connectivity index is 1.73. The summed E-state index contributed by atoms with van der Waals surface area (Å²) in [4.78, 5) is 37.0. The number of thioether (sulfide) groups is 1. The lowest BCUT2D eigenvalue weighted by Gasteiger charge is -2.16. The normalized spacial score (nSPS) is 11.4. The zero-order valence-corrected chi connectivity index (χ0v) is 18.4. The molecule has 0 bridgehead atoms. The second-order valence-corrected chi connectivity index (χ2v) is 8.07. The van der Waals surface area contributed by atoms with Gasteiger partial charge in [0.15, 0.2) is 0 Å². The summed E-state index contributed by atoms with van der Waals surface area (Å²) in [5.41, 5.74) is 3.01. The Hall–Kier alpha value is -3.58. The first-order chi connectivity index (χ1) is 15.5. The van der Waals surface area contributed by atoms with E-state index in [1.54, 1.807) is 36.4 Å². The van der Waals surface area contributed by atoms with E-state index in [1.165, 1.54) is 11.8 Å². The lowest BCUT2D eigenvalue weighted by molar-refractivity contribution is -0.139. The van der Waals surface area contributed by atoms with Gasteiger partial charge in [-0.2, -0.15) is 11.8 Å². The zero-order valence-electron chi connectivity index (χ0n) is 17.6. The van der Waals surface area contributed by atoms with Crippen molar-refractivity contribution in [1.82, 2.24) is 5.32 Å². The summed E-state index contributed by atoms with van der Waals surface area (Å²) >= 11 is 1.51. The topological polar surface area (TPSA) is 95.5 Å². The molecule has 1 unspecified atom stereocenters. The summed E-state index contributed by atoms with van der Waals surface area (Å²) in [5, 5.41) is 14.7. The van der Waals surface area contributed by atoms with E-state index in [-0.39, 0.29) is 11.5 Å². The van der Waals surface area contributed by atoms with Crippen LogP contribution in [0.4, 0.5) is 5.69 Å². The molecule has 32 heavy (non-hydrogen) atoms. The molecule has 3 aromatic rings. The van der Waals surface area contributed by atoms with Crippen molar-refractivity contribution in [3.8, 4) is 11.1 Å². The molecule has 164 valence electrons. The number of benzene rings is 3. The third kappa shape index (κ3) is 5.98. The van der Waals surface area contributed by atoms with Gasteiger partial charge in [-0.1, -0.05) is 54.6 Å². The standard InChI is InChI=1S/C25H24N2O4S/c1-32-16-15-22(25(30)31)27-24(29)20-9-5-6-10-21(20)26-23(28)19-13-11-18(12-14-19)17-7-3-2-4-8-17/h2-14,22H,15-16H2,1H3,(H,26,28)(H,27,29)(H,30,31). The number of hydrogen-bond acceptors (Lipinski definition) is 4. The molecule has 0 aliphatic rings. The molecule has 0 aliphatic heterocycles. The van der Waals surface area contributed by atoms with Crippen molar-refractivity contribution in [2.45, 2.75) is 12.5 Å². The summed E-state index contributed by atoms with van der Waals surface area (Å²) in [5.74, 6) is -1.39. The number of rotatable bonds is 9. The average molecular weight is 449 g/mol. The summed E-state index contributed by atoms with van der Waals surface area (Å²) in [6.45, 7) is 0. The Bertz CT molecular complexity index is 1080. The number of hydrogen-bond donors (Lipinski definition) is 3. The van der Waals surface area contributed by atoms with E-state index in [0.717, 1.165) is 11.1 Å². The van der Waals surface area contributed by atoms with Crippen molar-refractivity contribution in [1.29, 1.82) is 0 Å². The van der Waals surface area contributed by atoms with Gasteiger partial charge >= 0.3 is 5.97 Å². The summed E-state index contributed by atoms with van der Waals surface area (Å²) in [7, 11) is 0.